The third-order valence-corrected chi connectivity index (χ3v) is 3.37. The van der Waals surface area contributed by atoms with E-state index in [1.165, 1.54) is 5.56 Å². The van der Waals surface area contributed by atoms with Gasteiger partial charge in [-0.15, -0.1) is 0 Å². The zero-order valence-corrected chi connectivity index (χ0v) is 13.9. The van der Waals surface area contributed by atoms with E-state index in [-0.39, 0.29) is 17.4 Å². The Balaban J connectivity index is 2.61. The van der Waals surface area contributed by atoms with Gasteiger partial charge in [0.15, 0.2) is 0 Å². The van der Waals surface area contributed by atoms with Crippen molar-refractivity contribution in [3.05, 3.63) is 35.9 Å². The van der Waals surface area contributed by atoms with Crippen LogP contribution in [0.5, 0.6) is 0 Å². The van der Waals surface area contributed by atoms with Gasteiger partial charge in [-0.05, 0) is 23.8 Å². The minimum atomic E-state index is -0.0624. The summed E-state index contributed by atoms with van der Waals surface area (Å²) in [5.74, 6) is 0.164. The van der Waals surface area contributed by atoms with Crippen LogP contribution in [0.15, 0.2) is 30.3 Å². The number of nitrogens with zero attached hydrogens (tertiary/aromatic N) is 1. The summed E-state index contributed by atoms with van der Waals surface area (Å²) in [5, 5.41) is 0. The Morgan fingerprint density at radius 3 is 2.38 bits per heavy atom. The van der Waals surface area contributed by atoms with Gasteiger partial charge < -0.3 is 10.6 Å². The van der Waals surface area contributed by atoms with Gasteiger partial charge in [0.05, 0.1) is 0 Å². The monoisotopic (exact) mass is 290 g/mol. The van der Waals surface area contributed by atoms with Crippen molar-refractivity contribution >= 4 is 5.91 Å². The van der Waals surface area contributed by atoms with Gasteiger partial charge in [-0.25, -0.2) is 0 Å². The molecule has 0 aromatic heterocycles. The number of benzene rings is 1. The van der Waals surface area contributed by atoms with Gasteiger partial charge in [-0.2, -0.15) is 0 Å². The molecule has 21 heavy (non-hydrogen) atoms. The SMILES string of the molecule is CCCN(Cc1ccccc1)C(=O)CC(N)CC(C)(C)C. The molecule has 0 saturated carbocycles. The fraction of sp³-hybridized carbons (Fsp3) is 0.611. The second-order valence-corrected chi connectivity index (χ2v) is 7.03. The van der Waals surface area contributed by atoms with Crippen molar-refractivity contribution in [2.75, 3.05) is 6.54 Å². The molecule has 1 amide bonds. The van der Waals surface area contributed by atoms with E-state index in [1.54, 1.807) is 0 Å². The number of hydrogen-bond donors (Lipinski definition) is 1. The summed E-state index contributed by atoms with van der Waals surface area (Å²) in [6.07, 6.45) is 2.27. The molecule has 0 fully saturated rings. The smallest absolute Gasteiger partial charge is 0.224 e. The molecule has 1 aromatic rings. The normalized spacial score (nSPS) is 13.0. The zero-order chi connectivity index (χ0) is 15.9. The van der Waals surface area contributed by atoms with Crippen molar-refractivity contribution in [2.45, 2.75) is 59.5 Å². The molecule has 0 heterocycles. The maximum absolute atomic E-state index is 12.5. The standard InChI is InChI=1S/C18H30N2O/c1-5-11-20(14-15-9-7-6-8-10-15)17(21)12-16(19)13-18(2,3)4/h6-10,16H,5,11-14,19H2,1-4H3. The lowest BCUT2D eigenvalue weighted by molar-refractivity contribution is -0.132. The van der Waals surface area contributed by atoms with Gasteiger partial charge in [-0.3, -0.25) is 4.79 Å². The number of carbonyl (C=O) groups is 1. The molecule has 0 radical (unpaired) electrons. The van der Waals surface area contributed by atoms with E-state index in [9.17, 15) is 4.79 Å². The molecule has 1 unspecified atom stereocenters. The van der Waals surface area contributed by atoms with E-state index in [2.05, 4.69) is 39.8 Å². The van der Waals surface area contributed by atoms with Crippen molar-refractivity contribution in [3.8, 4) is 0 Å². The quantitative estimate of drug-likeness (QED) is 0.834. The molecule has 1 aromatic carbocycles. The highest BCUT2D eigenvalue weighted by Crippen LogP contribution is 2.21. The third-order valence-electron chi connectivity index (χ3n) is 3.37. The molecule has 0 saturated heterocycles. The van der Waals surface area contributed by atoms with Gasteiger partial charge >= 0.3 is 0 Å². The van der Waals surface area contributed by atoms with E-state index >= 15 is 0 Å². The van der Waals surface area contributed by atoms with E-state index in [4.69, 9.17) is 5.73 Å². The maximum atomic E-state index is 12.5. The van der Waals surface area contributed by atoms with Crippen molar-refractivity contribution in [1.29, 1.82) is 0 Å². The van der Waals surface area contributed by atoms with Gasteiger partial charge in [0.25, 0.3) is 0 Å². The van der Waals surface area contributed by atoms with Crippen LogP contribution in [0.25, 0.3) is 0 Å². The second-order valence-electron chi connectivity index (χ2n) is 7.03. The number of rotatable bonds is 7. The summed E-state index contributed by atoms with van der Waals surface area (Å²) in [4.78, 5) is 14.4. The molecule has 0 aliphatic rings. The van der Waals surface area contributed by atoms with Crippen LogP contribution in [0, 0.1) is 5.41 Å². The minimum absolute atomic E-state index is 0.0624. The van der Waals surface area contributed by atoms with Crippen molar-refractivity contribution in [2.24, 2.45) is 11.1 Å². The predicted molar refractivity (Wildman–Crippen MR) is 88.8 cm³/mol. The molecule has 3 heteroatoms. The van der Waals surface area contributed by atoms with Crippen molar-refractivity contribution in [3.63, 3.8) is 0 Å². The summed E-state index contributed by atoms with van der Waals surface area (Å²) in [7, 11) is 0. The summed E-state index contributed by atoms with van der Waals surface area (Å²) in [6, 6.07) is 10.1. The highest BCUT2D eigenvalue weighted by Gasteiger charge is 2.21. The van der Waals surface area contributed by atoms with Gasteiger partial charge in [0, 0.05) is 25.6 Å². The summed E-state index contributed by atoms with van der Waals surface area (Å²) in [5.41, 5.74) is 7.47. The van der Waals surface area contributed by atoms with Crippen molar-refractivity contribution < 1.29 is 4.79 Å². The van der Waals surface area contributed by atoms with Crippen LogP contribution in [0.2, 0.25) is 0 Å². The average molecular weight is 290 g/mol. The first-order valence-electron chi connectivity index (χ1n) is 7.89. The number of hydrogen-bond acceptors (Lipinski definition) is 2. The molecule has 1 rings (SSSR count). The van der Waals surface area contributed by atoms with Gasteiger partial charge in [0.2, 0.25) is 5.91 Å². The third kappa shape index (κ3) is 7.28. The lowest BCUT2D eigenvalue weighted by atomic mass is 9.87. The topological polar surface area (TPSA) is 46.3 Å². The Labute approximate surface area is 129 Å². The average Bonchev–Trinajstić information content (AvgIpc) is 2.37. The fourth-order valence-corrected chi connectivity index (χ4v) is 2.58. The molecular formula is C18H30N2O. The van der Waals surface area contributed by atoms with Crippen LogP contribution in [0.4, 0.5) is 0 Å². The lowest BCUT2D eigenvalue weighted by Crippen LogP contribution is -2.37. The summed E-state index contributed by atoms with van der Waals surface area (Å²) in [6.45, 7) is 10.0. The minimum Gasteiger partial charge on any atom is -0.338 e. The molecule has 0 spiro atoms. The van der Waals surface area contributed by atoms with Crippen LogP contribution < -0.4 is 5.73 Å². The van der Waals surface area contributed by atoms with Crippen LogP contribution in [0.1, 0.15) is 52.5 Å². The molecule has 0 bridgehead atoms. The molecule has 0 aliphatic heterocycles. The van der Waals surface area contributed by atoms with Crippen LogP contribution in [0.3, 0.4) is 0 Å². The second kappa shape index (κ2) is 8.18. The van der Waals surface area contributed by atoms with Gasteiger partial charge in [0.1, 0.15) is 0 Å². The molecule has 0 aliphatic carbocycles. The molecule has 1 atom stereocenters. The maximum Gasteiger partial charge on any atom is 0.224 e. The first-order valence-corrected chi connectivity index (χ1v) is 7.89. The Kier molecular flexibility index (Phi) is 6.90. The number of nitrogens with two attached hydrogens (primary N) is 1. The van der Waals surface area contributed by atoms with Crippen LogP contribution in [-0.2, 0) is 11.3 Å². The van der Waals surface area contributed by atoms with E-state index in [0.717, 1.165) is 19.4 Å². The molecular weight excluding hydrogens is 260 g/mol. The molecule has 2 N–H and O–H groups in total. The van der Waals surface area contributed by atoms with Crippen LogP contribution >= 0.6 is 0 Å². The molecule has 118 valence electrons. The first-order chi connectivity index (χ1) is 9.81. The summed E-state index contributed by atoms with van der Waals surface area (Å²) < 4.78 is 0. The highest BCUT2D eigenvalue weighted by atomic mass is 16.2. The van der Waals surface area contributed by atoms with E-state index in [1.807, 2.05) is 23.1 Å². The van der Waals surface area contributed by atoms with Crippen LogP contribution in [-0.4, -0.2) is 23.4 Å². The Morgan fingerprint density at radius 2 is 1.86 bits per heavy atom. The van der Waals surface area contributed by atoms with E-state index < -0.39 is 0 Å². The van der Waals surface area contributed by atoms with Gasteiger partial charge in [-0.1, -0.05) is 58.0 Å². The summed E-state index contributed by atoms with van der Waals surface area (Å²) >= 11 is 0. The van der Waals surface area contributed by atoms with Crippen molar-refractivity contribution in [1.82, 2.24) is 4.90 Å². The largest absolute Gasteiger partial charge is 0.338 e. The highest BCUT2D eigenvalue weighted by molar-refractivity contribution is 5.76. The first kappa shape index (κ1) is 17.7. The zero-order valence-electron chi connectivity index (χ0n) is 13.9. The number of amides is 1. The predicted octanol–water partition coefficient (Wildman–Crippen LogP) is 3.58. The Hall–Kier alpha value is -1.35. The Morgan fingerprint density at radius 1 is 1.24 bits per heavy atom. The lowest BCUT2D eigenvalue weighted by Gasteiger charge is -2.27. The Bertz CT molecular complexity index is 423. The fourth-order valence-electron chi connectivity index (χ4n) is 2.58. The molecule has 3 nitrogen and oxygen atoms in total. The number of carbonyl (C=O) groups excluding carboxylic acids is 1. The van der Waals surface area contributed by atoms with E-state index in [0.29, 0.717) is 13.0 Å².